The summed E-state index contributed by atoms with van der Waals surface area (Å²) in [6, 6.07) is 9.58. The zero-order valence-electron chi connectivity index (χ0n) is 25.7. The first-order valence-electron chi connectivity index (χ1n) is 14.1. The van der Waals surface area contributed by atoms with E-state index in [-0.39, 0.29) is 24.0 Å². The van der Waals surface area contributed by atoms with Gasteiger partial charge in [0, 0.05) is 30.8 Å². The lowest BCUT2D eigenvalue weighted by molar-refractivity contribution is -0.140. The molecule has 0 bridgehead atoms. The second-order valence-electron chi connectivity index (χ2n) is 12.0. The summed E-state index contributed by atoms with van der Waals surface area (Å²) in [7, 11) is -0.605. The van der Waals surface area contributed by atoms with Crippen LogP contribution in [0.15, 0.2) is 30.3 Å². The van der Waals surface area contributed by atoms with Crippen LogP contribution in [0.3, 0.4) is 0 Å². The van der Waals surface area contributed by atoms with Crippen LogP contribution in [0, 0.1) is 13.8 Å². The topological polar surface area (TPSA) is 110 Å². The van der Waals surface area contributed by atoms with Gasteiger partial charge in [0.1, 0.15) is 12.3 Å². The molecule has 2 N–H and O–H groups in total. The number of esters is 2. The van der Waals surface area contributed by atoms with E-state index < -0.39 is 14.3 Å². The van der Waals surface area contributed by atoms with Crippen LogP contribution in [0.1, 0.15) is 87.4 Å². The molecule has 8 nitrogen and oxygen atoms in total. The molecule has 9 heteroatoms. The highest BCUT2D eigenvalue weighted by Gasteiger charge is 2.37. The van der Waals surface area contributed by atoms with E-state index in [0.717, 1.165) is 45.5 Å². The van der Waals surface area contributed by atoms with Gasteiger partial charge < -0.3 is 23.9 Å². The van der Waals surface area contributed by atoms with E-state index >= 15 is 0 Å². The number of methoxy groups -OCH3 is 1. The summed E-state index contributed by atoms with van der Waals surface area (Å²) in [6.07, 6.45) is 2.45. The lowest BCUT2D eigenvalue weighted by atomic mass is 10.0. The summed E-state index contributed by atoms with van der Waals surface area (Å²) in [5, 5.41) is 0.0859. The second kappa shape index (κ2) is 13.5. The van der Waals surface area contributed by atoms with Crippen LogP contribution < -0.4 is 0 Å². The zero-order valence-corrected chi connectivity index (χ0v) is 26.7. The fraction of sp³-hybridized carbons (Fsp3) is 0.469. The molecule has 0 fully saturated rings. The van der Waals surface area contributed by atoms with Crippen molar-refractivity contribution < 1.29 is 28.3 Å². The molecule has 0 spiro atoms. The SMILES string of the molecule is COC(=O)CCc1c(C=O)[nH]c(Cc2[nH]c(C(=O)OCc3ccccc3)c(C)c2CCO[Si](C)(C)C(C)(C)C)c1C. The smallest absolute Gasteiger partial charge is 0.355 e. The molecule has 0 atom stereocenters. The third-order valence-corrected chi connectivity index (χ3v) is 12.8. The third-order valence-electron chi connectivity index (χ3n) is 8.30. The van der Waals surface area contributed by atoms with E-state index in [1.807, 2.05) is 44.2 Å². The van der Waals surface area contributed by atoms with Gasteiger partial charge in [-0.25, -0.2) is 4.79 Å². The Kier molecular flexibility index (Phi) is 10.6. The minimum absolute atomic E-state index is 0.0859. The Bertz CT molecular complexity index is 1360. The maximum Gasteiger partial charge on any atom is 0.355 e. The summed E-state index contributed by atoms with van der Waals surface area (Å²) >= 11 is 0. The van der Waals surface area contributed by atoms with E-state index in [2.05, 4.69) is 43.8 Å². The Morgan fingerprint density at radius 1 is 0.951 bits per heavy atom. The molecular weight excluding hydrogens is 536 g/mol. The zero-order chi connectivity index (χ0) is 30.4. The number of carbonyl (C=O) groups excluding carboxylic acids is 3. The van der Waals surface area contributed by atoms with Gasteiger partial charge in [-0.3, -0.25) is 9.59 Å². The Hall–Kier alpha value is -3.43. The minimum Gasteiger partial charge on any atom is -0.469 e. The first-order chi connectivity index (χ1) is 19.3. The van der Waals surface area contributed by atoms with Crippen molar-refractivity contribution in [1.82, 2.24) is 9.97 Å². The Balaban J connectivity index is 1.91. The van der Waals surface area contributed by atoms with Gasteiger partial charge in [-0.1, -0.05) is 51.1 Å². The highest BCUT2D eigenvalue weighted by Crippen LogP contribution is 2.37. The Morgan fingerprint density at radius 3 is 2.24 bits per heavy atom. The number of carbonyl (C=O) groups is 3. The number of rotatable bonds is 13. The van der Waals surface area contributed by atoms with Gasteiger partial charge >= 0.3 is 11.9 Å². The first-order valence-corrected chi connectivity index (χ1v) is 17.0. The van der Waals surface area contributed by atoms with Crippen LogP contribution in [-0.4, -0.2) is 50.2 Å². The number of H-pyrrole nitrogens is 2. The van der Waals surface area contributed by atoms with Crippen LogP contribution in [0.5, 0.6) is 0 Å². The molecule has 0 saturated heterocycles. The highest BCUT2D eigenvalue weighted by atomic mass is 28.4. The Labute approximate surface area is 244 Å². The molecule has 0 aliphatic carbocycles. The molecule has 222 valence electrons. The van der Waals surface area contributed by atoms with Crippen LogP contribution in [0.4, 0.5) is 0 Å². The van der Waals surface area contributed by atoms with E-state index in [1.54, 1.807) is 0 Å². The van der Waals surface area contributed by atoms with Crippen LogP contribution in [0.25, 0.3) is 0 Å². The van der Waals surface area contributed by atoms with Crippen molar-refractivity contribution in [1.29, 1.82) is 0 Å². The number of aldehydes is 1. The lowest BCUT2D eigenvalue weighted by Crippen LogP contribution is -2.41. The van der Waals surface area contributed by atoms with E-state index in [4.69, 9.17) is 13.9 Å². The molecule has 0 saturated carbocycles. The minimum atomic E-state index is -1.96. The molecule has 0 amide bonds. The van der Waals surface area contributed by atoms with Crippen LogP contribution >= 0.6 is 0 Å². The Morgan fingerprint density at radius 2 is 1.63 bits per heavy atom. The highest BCUT2D eigenvalue weighted by molar-refractivity contribution is 6.74. The van der Waals surface area contributed by atoms with Gasteiger partial charge in [-0.05, 0) is 72.6 Å². The molecule has 0 aliphatic rings. The molecule has 3 rings (SSSR count). The molecule has 0 aliphatic heterocycles. The second-order valence-corrected chi connectivity index (χ2v) is 16.8. The first kappa shape index (κ1) is 32.1. The summed E-state index contributed by atoms with van der Waals surface area (Å²) in [6.45, 7) is 15.7. The van der Waals surface area contributed by atoms with Crippen molar-refractivity contribution in [3.8, 4) is 0 Å². The maximum absolute atomic E-state index is 13.2. The van der Waals surface area contributed by atoms with Gasteiger partial charge in [-0.15, -0.1) is 0 Å². The quantitative estimate of drug-likeness (QED) is 0.138. The normalized spacial score (nSPS) is 11.9. The number of aromatic nitrogens is 2. The average molecular weight is 581 g/mol. The number of aromatic amines is 2. The third kappa shape index (κ3) is 7.86. The molecule has 1 aromatic carbocycles. The van der Waals surface area contributed by atoms with Crippen molar-refractivity contribution in [2.24, 2.45) is 0 Å². The summed E-state index contributed by atoms with van der Waals surface area (Å²) in [5.74, 6) is -0.744. The summed E-state index contributed by atoms with van der Waals surface area (Å²) in [5.41, 5.74) is 7.07. The van der Waals surface area contributed by atoms with Crippen molar-refractivity contribution in [3.05, 3.63) is 80.9 Å². The van der Waals surface area contributed by atoms with E-state index in [0.29, 0.717) is 37.3 Å². The molecule has 41 heavy (non-hydrogen) atoms. The van der Waals surface area contributed by atoms with Gasteiger partial charge in [0.25, 0.3) is 0 Å². The molecule has 2 heterocycles. The lowest BCUT2D eigenvalue weighted by Gasteiger charge is -2.36. The fourth-order valence-corrected chi connectivity index (χ4v) is 5.68. The summed E-state index contributed by atoms with van der Waals surface area (Å²) < 4.78 is 16.9. The van der Waals surface area contributed by atoms with E-state index in [1.165, 1.54) is 7.11 Å². The van der Waals surface area contributed by atoms with Crippen molar-refractivity contribution in [3.63, 3.8) is 0 Å². The van der Waals surface area contributed by atoms with Gasteiger partial charge in [0.15, 0.2) is 14.6 Å². The monoisotopic (exact) mass is 580 g/mol. The summed E-state index contributed by atoms with van der Waals surface area (Å²) in [4.78, 5) is 43.4. The molecule has 2 aromatic heterocycles. The van der Waals surface area contributed by atoms with Crippen LogP contribution in [-0.2, 0) is 44.6 Å². The number of nitrogens with one attached hydrogen (secondary N) is 2. The van der Waals surface area contributed by atoms with Gasteiger partial charge in [-0.2, -0.15) is 0 Å². The number of hydrogen-bond acceptors (Lipinski definition) is 6. The van der Waals surface area contributed by atoms with Gasteiger partial charge in [0.2, 0.25) is 0 Å². The largest absolute Gasteiger partial charge is 0.469 e. The fourth-order valence-electron chi connectivity index (χ4n) is 4.63. The number of benzene rings is 1. The van der Waals surface area contributed by atoms with Gasteiger partial charge in [0.05, 0.1) is 12.8 Å². The molecule has 0 unspecified atom stereocenters. The average Bonchev–Trinajstić information content (AvgIpc) is 3.41. The van der Waals surface area contributed by atoms with Crippen molar-refractivity contribution in [2.45, 2.75) is 85.0 Å². The van der Waals surface area contributed by atoms with Crippen molar-refractivity contribution in [2.75, 3.05) is 13.7 Å². The van der Waals surface area contributed by atoms with Crippen molar-refractivity contribution >= 4 is 26.5 Å². The molecular formula is C32H44N2O6Si. The predicted molar refractivity (Wildman–Crippen MR) is 162 cm³/mol. The molecule has 3 aromatic rings. The predicted octanol–water partition coefficient (Wildman–Crippen LogP) is 6.39. The maximum atomic E-state index is 13.2. The van der Waals surface area contributed by atoms with Crippen LogP contribution in [0.2, 0.25) is 18.1 Å². The number of ether oxygens (including phenoxy) is 2. The standard InChI is InChI=1S/C32H44N2O6Si/c1-21-24(14-15-29(36)38-6)28(19-35)33-26(21)18-27-25(16-17-40-41(7,8)32(3,4)5)22(2)30(34-27)31(37)39-20-23-12-10-9-11-13-23/h9-13,19,33-34H,14-18,20H2,1-8H3. The number of hydrogen-bond donors (Lipinski definition) is 2. The van der Waals surface area contributed by atoms with E-state index in [9.17, 15) is 14.4 Å². The molecule has 0 radical (unpaired) electrons.